The minimum atomic E-state index is -0.359. The molecule has 2 aromatic heterocycles. The maximum atomic E-state index is 12.1. The standard InChI is InChI=1S/C14H20N6O/c1-10(12(3)20-9-5-8-17-20)18-11(2)13(21)19-14-15-6-4-7-16-14/h4-12,18H,1-3H3,(H,15,16,19,21)/t10-,11-,12-/m0/s1. The Labute approximate surface area is 123 Å². The first-order valence-corrected chi connectivity index (χ1v) is 6.91. The van der Waals surface area contributed by atoms with E-state index < -0.39 is 0 Å². The van der Waals surface area contributed by atoms with Crippen molar-refractivity contribution in [2.75, 3.05) is 5.32 Å². The van der Waals surface area contributed by atoms with Crippen LogP contribution in [-0.4, -0.2) is 37.7 Å². The van der Waals surface area contributed by atoms with E-state index in [1.807, 2.05) is 30.8 Å². The Morgan fingerprint density at radius 3 is 2.48 bits per heavy atom. The van der Waals surface area contributed by atoms with Crippen molar-refractivity contribution in [1.82, 2.24) is 25.1 Å². The highest BCUT2D eigenvalue weighted by molar-refractivity contribution is 5.93. The SMILES string of the molecule is C[C@H](N[C@@H](C)[C@H](C)n1cccn1)C(=O)Nc1ncccn1. The lowest BCUT2D eigenvalue weighted by Crippen LogP contribution is -2.45. The van der Waals surface area contributed by atoms with Gasteiger partial charge in [-0.1, -0.05) is 0 Å². The fourth-order valence-corrected chi connectivity index (χ4v) is 1.94. The predicted molar refractivity (Wildman–Crippen MR) is 79.7 cm³/mol. The number of aromatic nitrogens is 4. The number of hydrogen-bond donors (Lipinski definition) is 2. The van der Waals surface area contributed by atoms with E-state index in [1.165, 1.54) is 0 Å². The maximum Gasteiger partial charge on any atom is 0.243 e. The molecular formula is C14H20N6O. The lowest BCUT2D eigenvalue weighted by molar-refractivity contribution is -0.118. The average molecular weight is 288 g/mol. The minimum Gasteiger partial charge on any atom is -0.301 e. The quantitative estimate of drug-likeness (QED) is 0.835. The molecule has 0 aliphatic rings. The molecule has 0 aliphatic carbocycles. The lowest BCUT2D eigenvalue weighted by atomic mass is 10.1. The number of carbonyl (C=O) groups is 1. The van der Waals surface area contributed by atoms with E-state index in [1.54, 1.807) is 24.7 Å². The largest absolute Gasteiger partial charge is 0.301 e. The molecule has 2 heterocycles. The van der Waals surface area contributed by atoms with Gasteiger partial charge in [-0.15, -0.1) is 0 Å². The summed E-state index contributed by atoms with van der Waals surface area (Å²) in [5.41, 5.74) is 0. The van der Waals surface area contributed by atoms with Crippen LogP contribution in [0.2, 0.25) is 0 Å². The van der Waals surface area contributed by atoms with Crippen molar-refractivity contribution in [2.24, 2.45) is 0 Å². The summed E-state index contributed by atoms with van der Waals surface area (Å²) in [4.78, 5) is 20.0. The van der Waals surface area contributed by atoms with Gasteiger partial charge in [0.2, 0.25) is 11.9 Å². The summed E-state index contributed by atoms with van der Waals surface area (Å²) in [7, 11) is 0. The van der Waals surface area contributed by atoms with Crippen LogP contribution in [-0.2, 0) is 4.79 Å². The smallest absolute Gasteiger partial charge is 0.243 e. The van der Waals surface area contributed by atoms with Gasteiger partial charge in [0.25, 0.3) is 0 Å². The van der Waals surface area contributed by atoms with E-state index in [2.05, 4.69) is 32.6 Å². The second-order valence-electron chi connectivity index (χ2n) is 4.97. The van der Waals surface area contributed by atoms with Crippen molar-refractivity contribution in [3.8, 4) is 0 Å². The van der Waals surface area contributed by atoms with Crippen LogP contribution in [0.5, 0.6) is 0 Å². The zero-order valence-electron chi connectivity index (χ0n) is 12.4. The topological polar surface area (TPSA) is 84.7 Å². The third kappa shape index (κ3) is 4.09. The monoisotopic (exact) mass is 288 g/mol. The summed E-state index contributed by atoms with van der Waals surface area (Å²) in [5.74, 6) is 0.143. The fourth-order valence-electron chi connectivity index (χ4n) is 1.94. The molecule has 0 aliphatic heterocycles. The summed E-state index contributed by atoms with van der Waals surface area (Å²) in [6.07, 6.45) is 6.82. The molecule has 21 heavy (non-hydrogen) atoms. The van der Waals surface area contributed by atoms with Gasteiger partial charge in [-0.2, -0.15) is 5.10 Å². The molecule has 0 aromatic carbocycles. The summed E-state index contributed by atoms with van der Waals surface area (Å²) >= 11 is 0. The lowest BCUT2D eigenvalue weighted by Gasteiger charge is -2.24. The summed E-state index contributed by atoms with van der Waals surface area (Å²) in [6, 6.07) is 3.45. The average Bonchev–Trinajstić information content (AvgIpc) is 3.01. The molecule has 2 rings (SSSR count). The first-order valence-electron chi connectivity index (χ1n) is 6.91. The molecule has 0 unspecified atom stereocenters. The van der Waals surface area contributed by atoms with Crippen molar-refractivity contribution < 1.29 is 4.79 Å². The Bertz CT molecular complexity index is 556. The molecule has 7 heteroatoms. The van der Waals surface area contributed by atoms with Crippen LogP contribution in [0.4, 0.5) is 5.95 Å². The van der Waals surface area contributed by atoms with Crippen LogP contribution in [0.3, 0.4) is 0 Å². The highest BCUT2D eigenvalue weighted by atomic mass is 16.2. The number of nitrogens with zero attached hydrogens (tertiary/aromatic N) is 4. The van der Waals surface area contributed by atoms with Crippen LogP contribution in [0, 0.1) is 0 Å². The van der Waals surface area contributed by atoms with Crippen LogP contribution in [0.15, 0.2) is 36.9 Å². The molecule has 0 saturated carbocycles. The first kappa shape index (κ1) is 15.1. The highest BCUT2D eigenvalue weighted by Gasteiger charge is 2.20. The molecule has 0 fully saturated rings. The predicted octanol–water partition coefficient (Wildman–Crippen LogP) is 1.24. The van der Waals surface area contributed by atoms with E-state index in [9.17, 15) is 4.79 Å². The summed E-state index contributed by atoms with van der Waals surface area (Å²) < 4.78 is 1.86. The minimum absolute atomic E-state index is 0.0855. The Balaban J connectivity index is 1.88. The zero-order valence-corrected chi connectivity index (χ0v) is 12.4. The van der Waals surface area contributed by atoms with Crippen LogP contribution >= 0.6 is 0 Å². The van der Waals surface area contributed by atoms with Gasteiger partial charge in [0.15, 0.2) is 0 Å². The van der Waals surface area contributed by atoms with Gasteiger partial charge in [0.05, 0.1) is 12.1 Å². The van der Waals surface area contributed by atoms with E-state index in [-0.39, 0.29) is 24.0 Å². The molecule has 7 nitrogen and oxygen atoms in total. The van der Waals surface area contributed by atoms with E-state index in [4.69, 9.17) is 0 Å². The number of rotatable bonds is 6. The van der Waals surface area contributed by atoms with Gasteiger partial charge in [0.1, 0.15) is 0 Å². The van der Waals surface area contributed by atoms with Crippen molar-refractivity contribution >= 4 is 11.9 Å². The Hall–Kier alpha value is -2.28. The Kier molecular flexibility index (Phi) is 4.99. The second-order valence-corrected chi connectivity index (χ2v) is 4.97. The van der Waals surface area contributed by atoms with E-state index in [0.29, 0.717) is 5.95 Å². The zero-order chi connectivity index (χ0) is 15.2. The molecule has 1 amide bonds. The van der Waals surface area contributed by atoms with Gasteiger partial charge in [-0.25, -0.2) is 9.97 Å². The van der Waals surface area contributed by atoms with Crippen molar-refractivity contribution in [3.63, 3.8) is 0 Å². The van der Waals surface area contributed by atoms with Crippen LogP contribution in [0.25, 0.3) is 0 Å². The van der Waals surface area contributed by atoms with Crippen LogP contribution < -0.4 is 10.6 Å². The number of hydrogen-bond acceptors (Lipinski definition) is 5. The normalized spacial score (nSPS) is 15.2. The number of amides is 1. The molecule has 112 valence electrons. The fraction of sp³-hybridized carbons (Fsp3) is 0.429. The summed E-state index contributed by atoms with van der Waals surface area (Å²) in [5, 5.41) is 10.1. The second kappa shape index (κ2) is 6.94. The maximum absolute atomic E-state index is 12.1. The van der Waals surface area contributed by atoms with E-state index >= 15 is 0 Å². The number of carbonyl (C=O) groups excluding carboxylic acids is 1. The van der Waals surface area contributed by atoms with Crippen molar-refractivity contribution in [1.29, 1.82) is 0 Å². The molecule has 0 spiro atoms. The Morgan fingerprint density at radius 2 is 1.86 bits per heavy atom. The third-order valence-electron chi connectivity index (χ3n) is 3.37. The highest BCUT2D eigenvalue weighted by Crippen LogP contribution is 2.10. The van der Waals surface area contributed by atoms with Gasteiger partial charge in [0, 0.05) is 30.8 Å². The molecule has 0 radical (unpaired) electrons. The third-order valence-corrected chi connectivity index (χ3v) is 3.37. The molecule has 0 bridgehead atoms. The molecule has 3 atom stereocenters. The molecule has 2 N–H and O–H groups in total. The molecule has 0 saturated heterocycles. The van der Waals surface area contributed by atoms with Crippen molar-refractivity contribution in [2.45, 2.75) is 38.9 Å². The number of nitrogens with one attached hydrogen (secondary N) is 2. The van der Waals surface area contributed by atoms with Gasteiger partial charge >= 0.3 is 0 Å². The van der Waals surface area contributed by atoms with Crippen LogP contribution in [0.1, 0.15) is 26.8 Å². The Morgan fingerprint density at radius 1 is 1.14 bits per heavy atom. The van der Waals surface area contributed by atoms with Crippen molar-refractivity contribution in [3.05, 3.63) is 36.9 Å². The molecular weight excluding hydrogens is 268 g/mol. The van der Waals surface area contributed by atoms with Gasteiger partial charge in [-0.3, -0.25) is 14.8 Å². The van der Waals surface area contributed by atoms with Gasteiger partial charge in [-0.05, 0) is 32.9 Å². The van der Waals surface area contributed by atoms with Gasteiger partial charge < -0.3 is 5.32 Å². The summed E-state index contributed by atoms with van der Waals surface area (Å²) in [6.45, 7) is 5.88. The molecule has 2 aromatic rings. The first-order chi connectivity index (χ1) is 10.1. The number of anilines is 1. The van der Waals surface area contributed by atoms with E-state index in [0.717, 1.165) is 0 Å².